The van der Waals surface area contributed by atoms with Crippen LogP contribution in [0.2, 0.25) is 0 Å². The quantitative estimate of drug-likeness (QED) is 0.490. The Bertz CT molecular complexity index is 528. The standard InChI is InChI=1S/C13H19N5O2/c1-12(2)13(3,4)18(20)11(17(12)19)9-5-7-10(8-6-9)15-16-14/h5-8,11,19-20H,1-4H3. The lowest BCUT2D eigenvalue weighted by Gasteiger charge is -2.37. The number of benzene rings is 1. The molecular formula is C13H19N5O2. The highest BCUT2D eigenvalue weighted by atomic mass is 16.6. The third kappa shape index (κ3) is 1.96. The highest BCUT2D eigenvalue weighted by molar-refractivity contribution is 5.39. The Morgan fingerprint density at radius 2 is 1.50 bits per heavy atom. The van der Waals surface area contributed by atoms with Gasteiger partial charge in [-0.2, -0.15) is 10.1 Å². The molecule has 1 aliphatic heterocycles. The van der Waals surface area contributed by atoms with Gasteiger partial charge >= 0.3 is 0 Å². The minimum Gasteiger partial charge on any atom is -0.311 e. The van der Waals surface area contributed by atoms with Crippen LogP contribution >= 0.6 is 0 Å². The molecule has 1 aromatic rings. The largest absolute Gasteiger partial charge is 0.311 e. The van der Waals surface area contributed by atoms with Gasteiger partial charge in [0.1, 0.15) is 6.17 Å². The molecule has 7 nitrogen and oxygen atoms in total. The molecule has 0 aromatic heterocycles. The summed E-state index contributed by atoms with van der Waals surface area (Å²) in [7, 11) is 0. The van der Waals surface area contributed by atoms with Crippen LogP contribution in [-0.4, -0.2) is 31.6 Å². The van der Waals surface area contributed by atoms with Crippen LogP contribution in [0.1, 0.15) is 39.4 Å². The first-order valence-electron chi connectivity index (χ1n) is 6.35. The molecule has 108 valence electrons. The summed E-state index contributed by atoms with van der Waals surface area (Å²) in [5, 5.41) is 26.6. The average Bonchev–Trinajstić information content (AvgIpc) is 2.51. The van der Waals surface area contributed by atoms with Crippen molar-refractivity contribution in [3.63, 3.8) is 0 Å². The Labute approximate surface area is 117 Å². The van der Waals surface area contributed by atoms with E-state index >= 15 is 0 Å². The molecule has 1 heterocycles. The second kappa shape index (κ2) is 4.73. The normalized spacial score (nSPS) is 22.7. The molecule has 0 spiro atoms. The first-order valence-corrected chi connectivity index (χ1v) is 6.35. The molecule has 20 heavy (non-hydrogen) atoms. The van der Waals surface area contributed by atoms with E-state index in [4.69, 9.17) is 5.53 Å². The molecule has 0 atom stereocenters. The van der Waals surface area contributed by atoms with Crippen LogP contribution in [0.15, 0.2) is 29.4 Å². The van der Waals surface area contributed by atoms with Crippen molar-refractivity contribution < 1.29 is 10.4 Å². The molecule has 0 saturated carbocycles. The zero-order chi connectivity index (χ0) is 15.1. The smallest absolute Gasteiger partial charge is 0.136 e. The maximum atomic E-state index is 10.4. The summed E-state index contributed by atoms with van der Waals surface area (Å²) >= 11 is 0. The summed E-state index contributed by atoms with van der Waals surface area (Å²) in [5.74, 6) is 0. The lowest BCUT2D eigenvalue weighted by Crippen LogP contribution is -2.52. The van der Waals surface area contributed by atoms with Gasteiger partial charge < -0.3 is 10.4 Å². The first-order chi connectivity index (χ1) is 9.23. The number of hydrogen-bond acceptors (Lipinski definition) is 5. The molecule has 0 aliphatic carbocycles. The van der Waals surface area contributed by atoms with E-state index in [9.17, 15) is 10.4 Å². The maximum absolute atomic E-state index is 10.4. The topological polar surface area (TPSA) is 95.7 Å². The van der Waals surface area contributed by atoms with Gasteiger partial charge in [-0.05, 0) is 38.8 Å². The van der Waals surface area contributed by atoms with Gasteiger partial charge in [0, 0.05) is 10.6 Å². The number of azide groups is 1. The number of hydroxylamine groups is 4. The molecule has 7 heteroatoms. The molecular weight excluding hydrogens is 258 g/mol. The fraction of sp³-hybridized carbons (Fsp3) is 0.538. The molecule has 1 saturated heterocycles. The second-order valence-corrected chi connectivity index (χ2v) is 5.96. The van der Waals surface area contributed by atoms with Crippen molar-refractivity contribution >= 4 is 5.69 Å². The van der Waals surface area contributed by atoms with Gasteiger partial charge in [-0.3, -0.25) is 0 Å². The third-order valence-corrected chi connectivity index (χ3v) is 4.46. The average molecular weight is 277 g/mol. The van der Waals surface area contributed by atoms with E-state index in [0.29, 0.717) is 11.3 Å². The zero-order valence-electron chi connectivity index (χ0n) is 12.0. The summed E-state index contributed by atoms with van der Waals surface area (Å²) in [5.41, 5.74) is 8.33. The van der Waals surface area contributed by atoms with Crippen molar-refractivity contribution in [1.29, 1.82) is 0 Å². The van der Waals surface area contributed by atoms with Crippen LogP contribution < -0.4 is 0 Å². The summed E-state index contributed by atoms with van der Waals surface area (Å²) in [6.45, 7) is 7.46. The molecule has 1 aliphatic rings. The molecule has 1 aromatic carbocycles. The van der Waals surface area contributed by atoms with Crippen LogP contribution in [0, 0.1) is 0 Å². The van der Waals surface area contributed by atoms with Crippen LogP contribution in [0.4, 0.5) is 5.69 Å². The molecule has 0 unspecified atom stereocenters. The zero-order valence-corrected chi connectivity index (χ0v) is 12.0. The van der Waals surface area contributed by atoms with Gasteiger partial charge in [-0.25, -0.2) is 0 Å². The Kier molecular flexibility index (Phi) is 3.49. The van der Waals surface area contributed by atoms with E-state index in [-0.39, 0.29) is 0 Å². The van der Waals surface area contributed by atoms with Gasteiger partial charge in [0.15, 0.2) is 0 Å². The van der Waals surface area contributed by atoms with Crippen molar-refractivity contribution in [2.75, 3.05) is 0 Å². The van der Waals surface area contributed by atoms with Gasteiger partial charge in [0.05, 0.1) is 11.1 Å². The number of nitrogens with zero attached hydrogens (tertiary/aromatic N) is 5. The van der Waals surface area contributed by atoms with E-state index in [2.05, 4.69) is 10.0 Å². The minimum absolute atomic E-state index is 0.488. The van der Waals surface area contributed by atoms with Crippen molar-refractivity contribution in [3.8, 4) is 0 Å². The van der Waals surface area contributed by atoms with Crippen LogP contribution in [0.5, 0.6) is 0 Å². The molecule has 0 radical (unpaired) electrons. The molecule has 0 amide bonds. The highest BCUT2D eigenvalue weighted by Crippen LogP contribution is 2.47. The lowest BCUT2D eigenvalue weighted by molar-refractivity contribution is -0.223. The Balaban J connectivity index is 2.40. The van der Waals surface area contributed by atoms with E-state index in [1.807, 2.05) is 27.7 Å². The van der Waals surface area contributed by atoms with Crippen molar-refractivity contribution in [2.24, 2.45) is 5.11 Å². The van der Waals surface area contributed by atoms with E-state index < -0.39 is 17.2 Å². The predicted octanol–water partition coefficient (Wildman–Crippen LogP) is 3.58. The highest BCUT2D eigenvalue weighted by Gasteiger charge is 2.58. The van der Waals surface area contributed by atoms with Crippen molar-refractivity contribution in [2.45, 2.75) is 44.9 Å². The van der Waals surface area contributed by atoms with Crippen molar-refractivity contribution in [1.82, 2.24) is 10.1 Å². The Hall–Kier alpha value is -1.63. The Morgan fingerprint density at radius 3 is 1.90 bits per heavy atom. The van der Waals surface area contributed by atoms with Gasteiger partial charge in [-0.1, -0.05) is 29.4 Å². The van der Waals surface area contributed by atoms with E-state index in [0.717, 1.165) is 10.1 Å². The van der Waals surface area contributed by atoms with Gasteiger partial charge in [-0.15, -0.1) is 0 Å². The fourth-order valence-corrected chi connectivity index (χ4v) is 2.32. The molecule has 0 bridgehead atoms. The SMILES string of the molecule is CC1(C)N(O)C(c2ccc(N=[N+]=[N-])cc2)N(O)C1(C)C. The van der Waals surface area contributed by atoms with Crippen molar-refractivity contribution in [3.05, 3.63) is 40.3 Å². The minimum atomic E-state index is -0.667. The fourth-order valence-electron chi connectivity index (χ4n) is 2.32. The van der Waals surface area contributed by atoms with Gasteiger partial charge in [0.25, 0.3) is 0 Å². The predicted molar refractivity (Wildman–Crippen MR) is 73.4 cm³/mol. The van der Waals surface area contributed by atoms with Crippen LogP contribution in [0.3, 0.4) is 0 Å². The van der Waals surface area contributed by atoms with E-state index in [1.165, 1.54) is 0 Å². The molecule has 1 fully saturated rings. The second-order valence-electron chi connectivity index (χ2n) is 5.96. The summed E-state index contributed by atoms with van der Waals surface area (Å²) in [4.78, 5) is 2.71. The maximum Gasteiger partial charge on any atom is 0.136 e. The van der Waals surface area contributed by atoms with Gasteiger partial charge in [0.2, 0.25) is 0 Å². The monoisotopic (exact) mass is 277 g/mol. The molecule has 2 N–H and O–H groups in total. The Morgan fingerprint density at radius 1 is 1.05 bits per heavy atom. The third-order valence-electron chi connectivity index (χ3n) is 4.46. The first kappa shape index (κ1) is 14.8. The number of rotatable bonds is 2. The van der Waals surface area contributed by atoms with Crippen LogP contribution in [0.25, 0.3) is 10.4 Å². The molecule has 2 rings (SSSR count). The van der Waals surface area contributed by atoms with Crippen LogP contribution in [-0.2, 0) is 0 Å². The summed E-state index contributed by atoms with van der Waals surface area (Å²) < 4.78 is 0. The summed E-state index contributed by atoms with van der Waals surface area (Å²) in [6.07, 6.45) is -0.667. The van der Waals surface area contributed by atoms with E-state index in [1.54, 1.807) is 24.3 Å². The lowest BCUT2D eigenvalue weighted by atomic mass is 9.84. The number of hydrogen-bond donors (Lipinski definition) is 2. The summed E-state index contributed by atoms with van der Waals surface area (Å²) in [6, 6.07) is 6.74.